The fourth-order valence-electron chi connectivity index (χ4n) is 6.80. The number of hydrogen-bond acceptors (Lipinski definition) is 2. The third kappa shape index (κ3) is 11.8. The van der Waals surface area contributed by atoms with Gasteiger partial charge in [-0.1, -0.05) is 134 Å². The average Bonchev–Trinajstić information content (AvgIpc) is 2.97. The van der Waals surface area contributed by atoms with Crippen LogP contribution in [0.15, 0.2) is 74.1 Å². The van der Waals surface area contributed by atoms with E-state index < -0.39 is 0 Å². The van der Waals surface area contributed by atoms with Gasteiger partial charge in [0.05, 0.1) is 0 Å². The first-order valence-corrected chi connectivity index (χ1v) is 15.9. The minimum atomic E-state index is 0.0542. The fraction of sp³-hybridized carbons (Fsp3) is 0.579. The van der Waals surface area contributed by atoms with Gasteiger partial charge in [0.25, 0.3) is 0 Å². The molecule has 0 bridgehead atoms. The summed E-state index contributed by atoms with van der Waals surface area (Å²) in [6.45, 7) is 18.6. The Morgan fingerprint density at radius 3 is 1.73 bits per heavy atom. The Kier molecular flexibility index (Phi) is 15.6. The second-order valence-corrected chi connectivity index (χ2v) is 12.2. The van der Waals surface area contributed by atoms with Crippen LogP contribution >= 0.6 is 0 Å². The van der Waals surface area contributed by atoms with E-state index in [0.717, 1.165) is 30.3 Å². The molecular weight excluding hydrogens is 488 g/mol. The number of rotatable bonds is 12. The topological polar surface area (TPSA) is 40.5 Å². The summed E-state index contributed by atoms with van der Waals surface area (Å²) >= 11 is 0. The normalized spacial score (nSPS) is 24.1. The van der Waals surface area contributed by atoms with Gasteiger partial charge >= 0.3 is 0 Å². The highest BCUT2D eigenvalue weighted by Gasteiger charge is 2.25. The molecule has 0 heterocycles. The molecule has 0 aliphatic heterocycles. The number of hydrogen-bond donors (Lipinski definition) is 2. The van der Waals surface area contributed by atoms with Gasteiger partial charge in [0.15, 0.2) is 0 Å². The van der Waals surface area contributed by atoms with E-state index in [9.17, 15) is 10.2 Å². The maximum absolute atomic E-state index is 9.89. The molecule has 2 aliphatic carbocycles. The molecule has 2 unspecified atom stereocenters. The standard InChI is InChI=1S/C36H52O2.C2H4/c1-5-7-29-11-15-31(16-12-29)25-34(27(3)9-10-28(4)37)19-20-35(33-21-23-36(38)24-22-33)26-32-17-13-30(8-6-2)14-18-32;1-2/h9-10,21-24,29-32,34-35,37-38H,3-8,11-18,25-26H2,1-2H3;1-2H2/b10-9-;. The Bertz CT molecular complexity index is 959. The van der Waals surface area contributed by atoms with Crippen LogP contribution in [-0.4, -0.2) is 10.2 Å². The van der Waals surface area contributed by atoms with E-state index in [1.165, 1.54) is 82.6 Å². The van der Waals surface area contributed by atoms with Crippen LogP contribution in [0.5, 0.6) is 5.75 Å². The minimum absolute atomic E-state index is 0.0542. The number of aliphatic hydroxyl groups excluding tert-OH is 1. The molecule has 2 nitrogen and oxygen atoms in total. The van der Waals surface area contributed by atoms with Gasteiger partial charge in [0.2, 0.25) is 0 Å². The zero-order chi connectivity index (χ0) is 29.3. The first-order valence-electron chi connectivity index (χ1n) is 15.9. The van der Waals surface area contributed by atoms with Gasteiger partial charge in [0, 0.05) is 11.8 Å². The number of aliphatic hydroxyl groups is 1. The third-order valence-electron chi connectivity index (χ3n) is 9.13. The molecule has 2 aliphatic rings. The molecular formula is C38H56O2. The molecule has 0 radical (unpaired) electrons. The van der Waals surface area contributed by atoms with E-state index in [1.54, 1.807) is 18.2 Å². The molecule has 0 spiro atoms. The van der Waals surface area contributed by atoms with Crippen LogP contribution < -0.4 is 0 Å². The maximum atomic E-state index is 9.89. The summed E-state index contributed by atoms with van der Waals surface area (Å²) in [5.41, 5.74) is 2.17. The van der Waals surface area contributed by atoms with Gasteiger partial charge in [-0.2, -0.15) is 0 Å². The van der Waals surface area contributed by atoms with Crippen LogP contribution in [-0.2, 0) is 0 Å². The van der Waals surface area contributed by atoms with Crippen molar-refractivity contribution in [1.82, 2.24) is 0 Å². The van der Waals surface area contributed by atoms with Crippen molar-refractivity contribution in [1.29, 1.82) is 0 Å². The number of benzene rings is 1. The average molecular weight is 545 g/mol. The van der Waals surface area contributed by atoms with Gasteiger partial charge in [-0.05, 0) is 65.9 Å². The molecule has 2 fully saturated rings. The molecule has 1 aromatic carbocycles. The number of phenolic OH excluding ortho intramolecular Hbond substituents is 1. The quantitative estimate of drug-likeness (QED) is 0.119. The summed E-state index contributed by atoms with van der Waals surface area (Å²) in [4.78, 5) is 0. The Hall–Kier alpha value is -2.66. The SMILES string of the molecule is C=C.C=C(O)/C=C\C(=C)C(C#CC(CC1CCC(CCC)CC1)c1ccc(O)cc1)CC1CCC(CCC)CC1. The second-order valence-electron chi connectivity index (χ2n) is 12.2. The van der Waals surface area contributed by atoms with E-state index in [2.05, 4.69) is 52.0 Å². The molecule has 0 aromatic heterocycles. The number of allylic oxidation sites excluding steroid dienone is 3. The lowest BCUT2D eigenvalue weighted by molar-refractivity contribution is 0.244. The monoisotopic (exact) mass is 544 g/mol. The molecule has 3 rings (SSSR count). The van der Waals surface area contributed by atoms with Crippen LogP contribution in [0.3, 0.4) is 0 Å². The predicted octanol–water partition coefficient (Wildman–Crippen LogP) is 11.1. The van der Waals surface area contributed by atoms with E-state index in [-0.39, 0.29) is 17.6 Å². The smallest absolute Gasteiger partial charge is 0.115 e. The lowest BCUT2D eigenvalue weighted by Gasteiger charge is -2.30. The lowest BCUT2D eigenvalue weighted by Crippen LogP contribution is -2.18. The van der Waals surface area contributed by atoms with E-state index in [1.807, 2.05) is 18.2 Å². The third-order valence-corrected chi connectivity index (χ3v) is 9.13. The lowest BCUT2D eigenvalue weighted by atomic mass is 9.75. The van der Waals surface area contributed by atoms with Crippen LogP contribution in [0.2, 0.25) is 0 Å². The summed E-state index contributed by atoms with van der Waals surface area (Å²) in [5, 5.41) is 19.5. The minimum Gasteiger partial charge on any atom is -0.509 e. The Labute approximate surface area is 246 Å². The summed E-state index contributed by atoms with van der Waals surface area (Å²) < 4.78 is 0. The maximum Gasteiger partial charge on any atom is 0.115 e. The molecule has 2 atom stereocenters. The summed E-state index contributed by atoms with van der Waals surface area (Å²) in [6.07, 6.45) is 21.5. The van der Waals surface area contributed by atoms with E-state index in [0.29, 0.717) is 17.6 Å². The van der Waals surface area contributed by atoms with Crippen LogP contribution in [0.4, 0.5) is 0 Å². The highest BCUT2D eigenvalue weighted by molar-refractivity contribution is 5.35. The fourth-order valence-corrected chi connectivity index (χ4v) is 6.80. The molecule has 2 heteroatoms. The van der Waals surface area contributed by atoms with Gasteiger partial charge in [-0.25, -0.2) is 0 Å². The summed E-state index contributed by atoms with van der Waals surface area (Å²) in [6, 6.07) is 7.68. The Morgan fingerprint density at radius 2 is 1.25 bits per heavy atom. The molecule has 220 valence electrons. The summed E-state index contributed by atoms with van der Waals surface area (Å²) in [5.74, 6) is 11.2. The predicted molar refractivity (Wildman–Crippen MR) is 173 cm³/mol. The van der Waals surface area contributed by atoms with Crippen molar-refractivity contribution in [3.63, 3.8) is 0 Å². The van der Waals surface area contributed by atoms with Gasteiger partial charge in [-0.3, -0.25) is 0 Å². The largest absolute Gasteiger partial charge is 0.509 e. The zero-order valence-electron chi connectivity index (χ0n) is 25.6. The molecule has 40 heavy (non-hydrogen) atoms. The Balaban J connectivity index is 0.00000274. The van der Waals surface area contributed by atoms with Crippen molar-refractivity contribution in [2.45, 2.75) is 110 Å². The van der Waals surface area contributed by atoms with Crippen LogP contribution in [0.25, 0.3) is 0 Å². The highest BCUT2D eigenvalue weighted by Crippen LogP contribution is 2.38. The van der Waals surface area contributed by atoms with Crippen molar-refractivity contribution in [3.8, 4) is 17.6 Å². The molecule has 2 N–H and O–H groups in total. The van der Waals surface area contributed by atoms with Gasteiger partial charge < -0.3 is 10.2 Å². The van der Waals surface area contributed by atoms with Crippen molar-refractivity contribution in [3.05, 3.63) is 79.6 Å². The van der Waals surface area contributed by atoms with Crippen molar-refractivity contribution >= 4 is 0 Å². The van der Waals surface area contributed by atoms with Crippen molar-refractivity contribution in [2.24, 2.45) is 29.6 Å². The van der Waals surface area contributed by atoms with Gasteiger partial charge in [-0.15, -0.1) is 13.2 Å². The van der Waals surface area contributed by atoms with Crippen molar-refractivity contribution < 1.29 is 10.2 Å². The first-order chi connectivity index (χ1) is 19.4. The van der Waals surface area contributed by atoms with E-state index in [4.69, 9.17) is 0 Å². The van der Waals surface area contributed by atoms with Crippen LogP contribution in [0.1, 0.15) is 115 Å². The van der Waals surface area contributed by atoms with E-state index >= 15 is 0 Å². The zero-order valence-corrected chi connectivity index (χ0v) is 25.6. The molecule has 0 amide bonds. The second kappa shape index (κ2) is 18.6. The Morgan fingerprint density at radius 1 is 0.775 bits per heavy atom. The molecule has 0 saturated heterocycles. The summed E-state index contributed by atoms with van der Waals surface area (Å²) in [7, 11) is 0. The van der Waals surface area contributed by atoms with Crippen LogP contribution in [0, 0.1) is 41.4 Å². The molecule has 1 aromatic rings. The molecule has 2 saturated carbocycles. The first kappa shape index (κ1) is 33.5. The number of aromatic hydroxyl groups is 1. The van der Waals surface area contributed by atoms with Crippen molar-refractivity contribution in [2.75, 3.05) is 0 Å². The van der Waals surface area contributed by atoms with Gasteiger partial charge in [0.1, 0.15) is 11.5 Å². The highest BCUT2D eigenvalue weighted by atomic mass is 16.3. The number of phenols is 1.